The van der Waals surface area contributed by atoms with Crippen molar-refractivity contribution in [2.24, 2.45) is 0 Å². The Balaban J connectivity index is 0.00000110. The number of ether oxygens (including phenoxy) is 5. The van der Waals surface area contributed by atoms with E-state index in [0.29, 0.717) is 6.92 Å². The summed E-state index contributed by atoms with van der Waals surface area (Å²) in [5.74, 6) is 0. The number of nitrogens with zero attached hydrogens (tertiary/aromatic N) is 1. The molecule has 0 spiro atoms. The van der Waals surface area contributed by atoms with Crippen molar-refractivity contribution in [2.75, 3.05) is 65.9 Å². The molecule has 0 bridgehead atoms. The van der Waals surface area contributed by atoms with E-state index in [1.54, 1.807) is 0 Å². The molecule has 1 saturated heterocycles. The minimum atomic E-state index is -4.03. The average Bonchev–Trinajstić information content (AvgIpc) is 2.73. The third-order valence-electron chi connectivity index (χ3n) is 3.85. The van der Waals surface area contributed by atoms with Crippen LogP contribution < -0.4 is 0 Å². The Morgan fingerprint density at radius 3 is 1.68 bits per heavy atom. The number of hydrogen-bond donors (Lipinski definition) is 0. The fraction of sp³-hybridized carbons (Fsp3) is 1.00. The number of alkyl halides is 6. The molecule has 1 fully saturated rings. The highest BCUT2D eigenvalue weighted by Crippen LogP contribution is 2.26. The minimum absolute atomic E-state index is 0.0230. The highest BCUT2D eigenvalue weighted by Gasteiger charge is 2.45. The molecule has 0 aromatic carbocycles. The van der Waals surface area contributed by atoms with E-state index in [0.717, 1.165) is 31.0 Å². The quantitative estimate of drug-likeness (QED) is 0.204. The van der Waals surface area contributed by atoms with Gasteiger partial charge < -0.3 is 23.7 Å². The first-order valence-electron chi connectivity index (χ1n) is 10.4. The molecule has 0 N–H and O–H groups in total. The van der Waals surface area contributed by atoms with Crippen LogP contribution in [0.25, 0.3) is 0 Å². The fourth-order valence-corrected chi connectivity index (χ4v) is 2.17. The van der Waals surface area contributed by atoms with E-state index < -0.39 is 37.9 Å². The van der Waals surface area contributed by atoms with Gasteiger partial charge in [-0.15, -0.1) is 0 Å². The van der Waals surface area contributed by atoms with Crippen molar-refractivity contribution in [3.05, 3.63) is 0 Å². The Hall–Kier alpha value is -0.660. The van der Waals surface area contributed by atoms with Crippen LogP contribution in [0, 0.1) is 0 Å². The molecule has 0 saturated carbocycles. The monoisotopic (exact) mass is 471 g/mol. The predicted octanol–water partition coefficient (Wildman–Crippen LogP) is 4.03. The number of hydrogen-bond acceptors (Lipinski definition) is 6. The smallest absolute Gasteiger partial charge is 0.381 e. The van der Waals surface area contributed by atoms with Crippen molar-refractivity contribution in [3.63, 3.8) is 0 Å². The van der Waals surface area contributed by atoms with Crippen molar-refractivity contribution >= 4 is 0 Å². The van der Waals surface area contributed by atoms with Gasteiger partial charge in [0.1, 0.15) is 0 Å². The lowest BCUT2D eigenvalue weighted by molar-refractivity contribution is -0.308. The minimum Gasteiger partial charge on any atom is -0.381 e. The fourth-order valence-electron chi connectivity index (χ4n) is 2.17. The molecule has 0 amide bonds. The molecule has 0 aromatic rings. The van der Waals surface area contributed by atoms with Crippen molar-refractivity contribution < 1.29 is 50.0 Å². The average molecular weight is 471 g/mol. The summed E-state index contributed by atoms with van der Waals surface area (Å²) in [6.07, 6.45) is -10.8. The second-order valence-electron chi connectivity index (χ2n) is 6.65. The van der Waals surface area contributed by atoms with Crippen LogP contribution in [0.2, 0.25) is 0 Å². The zero-order chi connectivity index (χ0) is 23.8. The van der Waals surface area contributed by atoms with Gasteiger partial charge in [0.25, 0.3) is 0 Å². The summed E-state index contributed by atoms with van der Waals surface area (Å²) < 4.78 is 102. The maximum absolute atomic E-state index is 13.7. The highest BCUT2D eigenvalue weighted by atomic mass is 19.3. The largest absolute Gasteiger partial charge is 0.400 e. The van der Waals surface area contributed by atoms with Crippen molar-refractivity contribution in [3.8, 4) is 0 Å². The van der Waals surface area contributed by atoms with E-state index >= 15 is 0 Å². The van der Waals surface area contributed by atoms with E-state index in [9.17, 15) is 26.3 Å². The zero-order valence-corrected chi connectivity index (χ0v) is 18.4. The Bertz CT molecular complexity index is 425. The summed E-state index contributed by atoms with van der Waals surface area (Å²) in [5.41, 5.74) is 0. The number of halogens is 6. The summed E-state index contributed by atoms with van der Waals surface area (Å²) in [6, 6.07) is 0. The van der Waals surface area contributed by atoms with Gasteiger partial charge in [0.2, 0.25) is 6.30 Å². The van der Waals surface area contributed by atoms with Gasteiger partial charge in [0.05, 0.1) is 39.6 Å². The first kappa shape index (κ1) is 30.3. The molecular formula is C19H35F6NO5. The molecule has 0 aliphatic carbocycles. The van der Waals surface area contributed by atoms with Gasteiger partial charge in [0.15, 0.2) is 6.17 Å². The molecule has 0 aromatic heterocycles. The van der Waals surface area contributed by atoms with E-state index in [-0.39, 0.29) is 39.5 Å². The normalized spacial score (nSPS) is 17.7. The van der Waals surface area contributed by atoms with Gasteiger partial charge in [-0.2, -0.15) is 17.6 Å². The van der Waals surface area contributed by atoms with Crippen molar-refractivity contribution in [1.82, 2.24) is 4.90 Å². The summed E-state index contributed by atoms with van der Waals surface area (Å²) >= 11 is 0. The predicted molar refractivity (Wildman–Crippen MR) is 102 cm³/mol. The van der Waals surface area contributed by atoms with Gasteiger partial charge in [-0.1, -0.05) is 13.8 Å². The Morgan fingerprint density at radius 2 is 1.23 bits per heavy atom. The molecule has 1 aliphatic heterocycles. The van der Waals surface area contributed by atoms with Crippen LogP contribution in [0.5, 0.6) is 0 Å². The lowest BCUT2D eigenvalue weighted by atomic mass is 10.4. The summed E-state index contributed by atoms with van der Waals surface area (Å²) in [4.78, 5) is 0.901. The molecular weight excluding hydrogens is 436 g/mol. The first-order valence-corrected chi connectivity index (χ1v) is 10.4. The van der Waals surface area contributed by atoms with Crippen LogP contribution in [0.3, 0.4) is 0 Å². The molecule has 31 heavy (non-hydrogen) atoms. The van der Waals surface area contributed by atoms with Crippen LogP contribution >= 0.6 is 0 Å². The van der Waals surface area contributed by atoms with Crippen molar-refractivity contribution in [2.45, 2.75) is 58.3 Å². The van der Waals surface area contributed by atoms with E-state index in [1.165, 1.54) is 0 Å². The van der Waals surface area contributed by atoms with Gasteiger partial charge in [-0.25, -0.2) is 8.78 Å². The highest BCUT2D eigenvalue weighted by molar-refractivity contribution is 4.72. The molecule has 0 radical (unpaired) electrons. The zero-order valence-electron chi connectivity index (χ0n) is 18.4. The van der Waals surface area contributed by atoms with Gasteiger partial charge in [-0.3, -0.25) is 4.90 Å². The van der Waals surface area contributed by atoms with Gasteiger partial charge >= 0.3 is 12.2 Å². The van der Waals surface area contributed by atoms with Gasteiger partial charge in [0, 0.05) is 26.3 Å². The number of morpholine rings is 1. The lowest BCUT2D eigenvalue weighted by Gasteiger charge is -2.33. The second-order valence-corrected chi connectivity index (χ2v) is 6.65. The standard InChI is InChI=1S/C13H21F6NO4.C6H14O/c1-10(14)12(16,17)23-8-6-22-7-9-24-13(18,19)11(15)20-2-4-21-5-3-20;1-3-5-7-6-4-2/h10-11H,2-9H2,1H3;3-6H2,1-2H3. The summed E-state index contributed by atoms with van der Waals surface area (Å²) in [5, 5.41) is 0. The van der Waals surface area contributed by atoms with E-state index in [2.05, 4.69) is 23.3 Å². The van der Waals surface area contributed by atoms with Crippen LogP contribution in [0.1, 0.15) is 33.6 Å². The van der Waals surface area contributed by atoms with E-state index in [1.807, 2.05) is 0 Å². The molecule has 2 unspecified atom stereocenters. The summed E-state index contributed by atoms with van der Waals surface area (Å²) in [6.45, 7) is 5.05. The van der Waals surface area contributed by atoms with Crippen LogP contribution in [-0.4, -0.2) is 95.5 Å². The van der Waals surface area contributed by atoms with Gasteiger partial charge in [-0.05, 0) is 19.8 Å². The van der Waals surface area contributed by atoms with Crippen LogP contribution in [0.4, 0.5) is 26.3 Å². The number of rotatable bonds is 15. The third kappa shape index (κ3) is 14.2. The molecule has 1 rings (SSSR count). The molecule has 1 heterocycles. The lowest BCUT2D eigenvalue weighted by Crippen LogP contribution is -2.51. The third-order valence-corrected chi connectivity index (χ3v) is 3.85. The molecule has 6 nitrogen and oxygen atoms in total. The SMILES string of the molecule is CC(F)C(F)(F)OCCOCCOC(F)(F)C(F)N1CCOCC1.CCCOCCC. The van der Waals surface area contributed by atoms with Crippen LogP contribution in [-0.2, 0) is 23.7 Å². The molecule has 12 heteroatoms. The maximum atomic E-state index is 13.7. The Morgan fingerprint density at radius 1 is 0.774 bits per heavy atom. The molecule has 1 aliphatic rings. The van der Waals surface area contributed by atoms with E-state index in [4.69, 9.17) is 14.2 Å². The molecule has 2 atom stereocenters. The Labute approximate surface area is 180 Å². The van der Waals surface area contributed by atoms with Crippen molar-refractivity contribution in [1.29, 1.82) is 0 Å². The maximum Gasteiger partial charge on any atom is 0.400 e. The topological polar surface area (TPSA) is 49.4 Å². The second kappa shape index (κ2) is 16.9. The van der Waals surface area contributed by atoms with Crippen LogP contribution in [0.15, 0.2) is 0 Å². The summed E-state index contributed by atoms with van der Waals surface area (Å²) in [7, 11) is 0. The Kier molecular flexibility index (Phi) is 16.5. The molecule has 188 valence electrons. The first-order chi connectivity index (χ1) is 14.6.